The molecule has 1 aromatic carbocycles. The fourth-order valence-electron chi connectivity index (χ4n) is 1.12. The number of ether oxygens (including phenoxy) is 1. The van der Waals surface area contributed by atoms with E-state index in [2.05, 4.69) is 4.98 Å². The minimum Gasteiger partial charge on any atom is -0.542 e. The van der Waals surface area contributed by atoms with Gasteiger partial charge in [-0.1, -0.05) is 0 Å². The second-order valence-electron chi connectivity index (χ2n) is 2.64. The van der Waals surface area contributed by atoms with Crippen molar-refractivity contribution >= 4 is 27.5 Å². The van der Waals surface area contributed by atoms with Crippen LogP contribution in [0.5, 0.6) is 5.75 Å². The van der Waals surface area contributed by atoms with Crippen LogP contribution >= 0.6 is 11.3 Å². The maximum absolute atomic E-state index is 10.5. The average Bonchev–Trinajstić information content (AvgIpc) is 2.59. The van der Waals surface area contributed by atoms with Gasteiger partial charge in [-0.25, -0.2) is 4.98 Å². The zero-order valence-electron chi connectivity index (χ0n) is 8.31. The zero-order valence-corrected chi connectivity index (χ0v) is 11.1. The van der Waals surface area contributed by atoms with Gasteiger partial charge in [-0.05, 0) is 12.1 Å². The van der Waals surface area contributed by atoms with E-state index in [0.29, 0.717) is 11.3 Å². The molecular formula is C9H6NNaO3S. The molecule has 0 atom stereocenters. The molecule has 0 aliphatic carbocycles. The molecule has 0 aliphatic heterocycles. The van der Waals surface area contributed by atoms with Crippen molar-refractivity contribution in [1.29, 1.82) is 0 Å². The number of aromatic nitrogens is 1. The molecular weight excluding hydrogens is 225 g/mol. The fourth-order valence-corrected chi connectivity index (χ4v) is 1.90. The van der Waals surface area contributed by atoms with E-state index in [4.69, 9.17) is 4.74 Å². The zero-order chi connectivity index (χ0) is 10.1. The molecule has 1 heterocycles. The van der Waals surface area contributed by atoms with E-state index in [1.54, 1.807) is 25.3 Å². The number of benzene rings is 1. The first-order valence-corrected chi connectivity index (χ1v) is 4.68. The van der Waals surface area contributed by atoms with Gasteiger partial charge in [-0.3, -0.25) is 0 Å². The van der Waals surface area contributed by atoms with Gasteiger partial charge in [-0.2, -0.15) is 0 Å². The molecule has 0 radical (unpaired) electrons. The van der Waals surface area contributed by atoms with Crippen LogP contribution in [0.3, 0.4) is 0 Å². The van der Waals surface area contributed by atoms with Crippen LogP contribution in [-0.4, -0.2) is 18.1 Å². The summed E-state index contributed by atoms with van der Waals surface area (Å²) in [5.41, 5.74) is 0.619. The Labute approximate surface area is 112 Å². The summed E-state index contributed by atoms with van der Waals surface area (Å²) in [4.78, 5) is 14.4. The number of hydrogen-bond donors (Lipinski definition) is 0. The van der Waals surface area contributed by atoms with Crippen molar-refractivity contribution in [2.45, 2.75) is 0 Å². The maximum Gasteiger partial charge on any atom is 1.00 e. The average molecular weight is 231 g/mol. The summed E-state index contributed by atoms with van der Waals surface area (Å²) in [5, 5.41) is 10.5. The first-order chi connectivity index (χ1) is 6.70. The van der Waals surface area contributed by atoms with Crippen LogP contribution in [0.15, 0.2) is 18.2 Å². The van der Waals surface area contributed by atoms with Crippen LogP contribution in [0.1, 0.15) is 9.80 Å². The van der Waals surface area contributed by atoms with Crippen molar-refractivity contribution in [3.05, 3.63) is 23.2 Å². The quantitative estimate of drug-likeness (QED) is 0.544. The number of carbonyl (C=O) groups excluding carboxylic acids is 1. The van der Waals surface area contributed by atoms with Gasteiger partial charge >= 0.3 is 29.6 Å². The number of hydrogen-bond acceptors (Lipinski definition) is 5. The van der Waals surface area contributed by atoms with Gasteiger partial charge in [0.2, 0.25) is 0 Å². The molecule has 0 saturated heterocycles. The third kappa shape index (κ3) is 2.49. The maximum atomic E-state index is 10.5. The van der Waals surface area contributed by atoms with Crippen LogP contribution < -0.4 is 39.4 Å². The number of nitrogens with zero attached hydrogens (tertiary/aromatic N) is 1. The van der Waals surface area contributed by atoms with Crippen LogP contribution in [0.25, 0.3) is 10.2 Å². The van der Waals surface area contributed by atoms with Crippen molar-refractivity contribution < 1.29 is 44.2 Å². The summed E-state index contributed by atoms with van der Waals surface area (Å²) >= 11 is 1.10. The predicted molar refractivity (Wildman–Crippen MR) is 50.5 cm³/mol. The normalized spacial score (nSPS) is 9.67. The SMILES string of the molecule is COc1ccc2sc(C(=O)[O-])nc2c1.[Na+]. The first kappa shape index (κ1) is 12.4. The molecule has 15 heavy (non-hydrogen) atoms. The van der Waals surface area contributed by atoms with Gasteiger partial charge < -0.3 is 14.6 Å². The number of rotatable bonds is 2. The molecule has 2 rings (SSSR count). The molecule has 0 saturated carbocycles. The number of thiazole rings is 1. The monoisotopic (exact) mass is 231 g/mol. The topological polar surface area (TPSA) is 62.2 Å². The van der Waals surface area contributed by atoms with Crippen molar-refractivity contribution in [3.63, 3.8) is 0 Å². The number of carbonyl (C=O) groups is 1. The van der Waals surface area contributed by atoms with E-state index in [0.717, 1.165) is 16.0 Å². The number of carboxylic acids is 1. The van der Waals surface area contributed by atoms with E-state index in [1.165, 1.54) is 0 Å². The molecule has 0 bridgehead atoms. The van der Waals surface area contributed by atoms with E-state index in [1.807, 2.05) is 0 Å². The van der Waals surface area contributed by atoms with E-state index >= 15 is 0 Å². The van der Waals surface area contributed by atoms with Gasteiger partial charge in [0.25, 0.3) is 0 Å². The molecule has 0 aliphatic rings. The van der Waals surface area contributed by atoms with Crippen molar-refractivity contribution in [1.82, 2.24) is 4.98 Å². The Kier molecular flexibility index (Phi) is 4.10. The predicted octanol–water partition coefficient (Wildman–Crippen LogP) is -2.33. The Bertz CT molecular complexity index is 497. The Hall–Kier alpha value is -0.620. The summed E-state index contributed by atoms with van der Waals surface area (Å²) in [6.45, 7) is 0. The molecule has 2 aromatic rings. The molecule has 0 amide bonds. The number of methoxy groups -OCH3 is 1. The second-order valence-corrected chi connectivity index (χ2v) is 3.67. The molecule has 0 N–H and O–H groups in total. The third-order valence-corrected chi connectivity index (χ3v) is 2.79. The summed E-state index contributed by atoms with van der Waals surface area (Å²) in [6.07, 6.45) is 0. The van der Waals surface area contributed by atoms with E-state index < -0.39 is 5.97 Å². The van der Waals surface area contributed by atoms with Crippen molar-refractivity contribution in [3.8, 4) is 5.75 Å². The summed E-state index contributed by atoms with van der Waals surface area (Å²) in [7, 11) is 1.55. The van der Waals surface area contributed by atoms with Gasteiger partial charge in [0.15, 0.2) is 0 Å². The Morgan fingerprint density at radius 1 is 1.53 bits per heavy atom. The van der Waals surface area contributed by atoms with Gasteiger partial charge in [0, 0.05) is 6.07 Å². The molecule has 0 spiro atoms. The van der Waals surface area contributed by atoms with Crippen LogP contribution in [0.4, 0.5) is 0 Å². The third-order valence-electron chi connectivity index (χ3n) is 1.77. The Balaban J connectivity index is 0.00000112. The molecule has 0 unspecified atom stereocenters. The minimum absolute atomic E-state index is 0. The van der Waals surface area contributed by atoms with Crippen LogP contribution in [-0.2, 0) is 0 Å². The Morgan fingerprint density at radius 3 is 2.87 bits per heavy atom. The van der Waals surface area contributed by atoms with Crippen LogP contribution in [0, 0.1) is 0 Å². The van der Waals surface area contributed by atoms with Crippen molar-refractivity contribution in [2.75, 3.05) is 7.11 Å². The van der Waals surface area contributed by atoms with Crippen LogP contribution in [0.2, 0.25) is 0 Å². The molecule has 6 heteroatoms. The Morgan fingerprint density at radius 2 is 2.27 bits per heavy atom. The van der Waals surface area contributed by atoms with Gasteiger partial charge in [0.1, 0.15) is 16.7 Å². The summed E-state index contributed by atoms with van der Waals surface area (Å²) < 4.78 is 5.80. The first-order valence-electron chi connectivity index (χ1n) is 3.86. The minimum atomic E-state index is -1.25. The summed E-state index contributed by atoms with van der Waals surface area (Å²) in [5.74, 6) is -0.585. The smallest absolute Gasteiger partial charge is 0.542 e. The molecule has 1 aromatic heterocycles. The van der Waals surface area contributed by atoms with Gasteiger partial charge in [-0.15, -0.1) is 11.3 Å². The largest absolute Gasteiger partial charge is 1.00 e. The molecule has 0 fully saturated rings. The van der Waals surface area contributed by atoms with E-state index in [9.17, 15) is 9.90 Å². The van der Waals surface area contributed by atoms with Crippen molar-refractivity contribution in [2.24, 2.45) is 0 Å². The van der Waals surface area contributed by atoms with Gasteiger partial charge in [0.05, 0.1) is 17.3 Å². The molecule has 4 nitrogen and oxygen atoms in total. The summed E-state index contributed by atoms with van der Waals surface area (Å²) in [6, 6.07) is 5.23. The van der Waals surface area contributed by atoms with E-state index in [-0.39, 0.29) is 34.6 Å². The number of aromatic carboxylic acids is 1. The second kappa shape index (κ2) is 4.94. The molecule has 72 valence electrons. The fraction of sp³-hybridized carbons (Fsp3) is 0.111. The standard InChI is InChI=1S/C9H7NO3S.Na/c1-13-5-2-3-7-6(4-5)10-8(14-7)9(11)12;/h2-4H,1H3,(H,11,12);/q;+1/p-1. The number of carboxylic acid groups (broad SMARTS) is 1. The number of fused-ring (bicyclic) bond motifs is 1.